The lowest BCUT2D eigenvalue weighted by Crippen LogP contribution is -2.28. The topological polar surface area (TPSA) is 275 Å². The van der Waals surface area contributed by atoms with Crippen molar-refractivity contribution in [3.05, 3.63) is 408 Å². The Labute approximate surface area is 841 Å². The molecule has 2 saturated heterocycles. The maximum Gasteiger partial charge on any atom is 0.416 e. The highest BCUT2D eigenvalue weighted by Gasteiger charge is 2.38. The minimum atomic E-state index is -4.55. The van der Waals surface area contributed by atoms with E-state index in [1.165, 1.54) is 82.8 Å². The number of Topliss-reactive ketones (excluding diaryl/α,β-unsaturated/α-hetero) is 2. The van der Waals surface area contributed by atoms with Gasteiger partial charge in [0.2, 0.25) is 17.7 Å². The first-order valence-electron chi connectivity index (χ1n) is 42.0. The van der Waals surface area contributed by atoms with Gasteiger partial charge in [0, 0.05) is 30.5 Å². The van der Waals surface area contributed by atoms with Gasteiger partial charge in [-0.1, -0.05) is 281 Å². The van der Waals surface area contributed by atoms with E-state index in [0.29, 0.717) is 59.1 Å². The summed E-state index contributed by atoms with van der Waals surface area (Å²) in [4.78, 5) is 97.6. The van der Waals surface area contributed by atoms with Gasteiger partial charge in [-0.25, -0.2) is 24.9 Å². The van der Waals surface area contributed by atoms with Gasteiger partial charge in [0.15, 0.2) is 31.5 Å². The minimum absolute atomic E-state index is 0. The summed E-state index contributed by atoms with van der Waals surface area (Å²) in [5, 5.41) is 45.4. The first-order valence-corrected chi connectivity index (χ1v) is 47.7. The van der Waals surface area contributed by atoms with Crippen molar-refractivity contribution >= 4 is 218 Å². The molecular weight excluding hydrogens is 2040 g/mol. The molecule has 12 aromatic carbocycles. The van der Waals surface area contributed by atoms with Crippen LogP contribution < -0.4 is 41.0 Å². The van der Waals surface area contributed by atoms with Crippen LogP contribution in [0, 0.1) is 31.6 Å². The van der Waals surface area contributed by atoms with Crippen molar-refractivity contribution in [2.45, 2.75) is 73.7 Å². The van der Waals surface area contributed by atoms with Crippen LogP contribution in [0.3, 0.4) is 0 Å². The van der Waals surface area contributed by atoms with Gasteiger partial charge in [-0.3, -0.25) is 43.0 Å². The number of thioether (sulfide) groups is 2. The zero-order valence-electron chi connectivity index (χ0n) is 74.0. The number of benzene rings is 12. The molecule has 0 radical (unpaired) electrons. The number of amides is 4. The molecule has 1 atom stereocenters. The number of aliphatic imine (C=N–C) groups is 2. The molecule has 18 rings (SSSR count). The van der Waals surface area contributed by atoms with Crippen LogP contribution in [0.5, 0.6) is 11.8 Å². The molecule has 0 spiro atoms. The summed E-state index contributed by atoms with van der Waals surface area (Å²) in [6.07, 6.45) is 2.66. The average Bonchev–Trinajstić information content (AvgIpc) is 1.65. The Morgan fingerprint density at radius 1 is 0.500 bits per heavy atom. The number of halogens is 8. The summed E-state index contributed by atoms with van der Waals surface area (Å²) >= 11 is 21.8. The fraction of sp³-hybridized carbons (Fsp3) is 0.105. The second kappa shape index (κ2) is 46.0. The third-order valence-electron chi connectivity index (χ3n) is 21.5. The number of nitrogens with zero attached hydrogens (tertiary/aromatic N) is 11. The van der Waals surface area contributed by atoms with Crippen molar-refractivity contribution in [3.8, 4) is 23.1 Å². The lowest BCUT2D eigenvalue weighted by molar-refractivity contribution is -0.138. The van der Waals surface area contributed by atoms with Gasteiger partial charge in [0.05, 0.1) is 65.6 Å². The highest BCUT2D eigenvalue weighted by molar-refractivity contribution is 9.11. The number of ketones is 2. The molecule has 4 aliphatic rings. The Morgan fingerprint density at radius 2 is 0.993 bits per heavy atom. The molecule has 1 unspecified atom stereocenters. The number of thiazole rings is 2. The van der Waals surface area contributed by atoms with E-state index in [0.717, 1.165) is 144 Å². The van der Waals surface area contributed by atoms with Gasteiger partial charge in [0.1, 0.15) is 12.7 Å². The van der Waals surface area contributed by atoms with Gasteiger partial charge in [-0.2, -0.15) is 31.4 Å². The maximum absolute atomic E-state index is 13.1. The molecule has 0 aliphatic carbocycles. The van der Waals surface area contributed by atoms with Crippen LogP contribution in [0.1, 0.15) is 119 Å². The first kappa shape index (κ1) is 103. The van der Waals surface area contributed by atoms with Gasteiger partial charge >= 0.3 is 17.2 Å². The fourth-order valence-corrected chi connectivity index (χ4v) is 19.6. The molecule has 6 heterocycles. The smallest absolute Gasteiger partial charge is 0.416 e. The van der Waals surface area contributed by atoms with Crippen molar-refractivity contribution in [2.75, 3.05) is 9.80 Å². The molecular formula is C105H80Br2F6N12O9S6. The molecule has 0 saturated carbocycles. The lowest BCUT2D eigenvalue weighted by atomic mass is 9.90. The zero-order valence-corrected chi connectivity index (χ0v) is 82.0. The molecule has 35 heteroatoms. The molecule has 21 nitrogen and oxygen atoms in total. The van der Waals surface area contributed by atoms with Crippen molar-refractivity contribution in [2.24, 2.45) is 35.5 Å². The normalized spacial score (nSPS) is 13.9. The molecule has 706 valence electrons. The monoisotopic (exact) mass is 2120 g/mol. The SMILES string of the molecule is C.CC(=O)c1ccc(/C=C2\SC(=O)N(c3cccc(C)c3)C2=O)cc1.CC(=O)c1ccc(/C=C2\SC(=S)N(c3cccc(C)c3C)C2=O)cc1.Cc1c(Br)cc(/C=N/NC(=O)C(Cc2ccc3ccccc3c2)c2ccccc2)cc1Br.O=c1sc(C=c2ccc(=C3N=CN=N3)cc2)c(O)n1-c1cccc(C(F)(F)F)c1.Oc1c(C=c2ccc(=C3N=CN=N3)cc2)sc(=S)n1-c1cccc(C(F)(F)F)c1. The van der Waals surface area contributed by atoms with Gasteiger partial charge in [-0.05, 0) is 234 Å². The van der Waals surface area contributed by atoms with E-state index in [9.17, 15) is 70.1 Å². The molecule has 2 fully saturated rings. The second-order valence-corrected chi connectivity index (χ2v) is 38.2. The number of hydrogen-bond donors (Lipinski definition) is 3. The van der Waals surface area contributed by atoms with Crippen LogP contribution >= 0.6 is 102 Å². The summed E-state index contributed by atoms with van der Waals surface area (Å²) in [6.45, 7) is 11.0. The number of aromatic nitrogens is 2. The summed E-state index contributed by atoms with van der Waals surface area (Å²) in [5.41, 5.74) is 12.7. The van der Waals surface area contributed by atoms with Gasteiger partial charge < -0.3 is 10.2 Å². The number of hydrogen-bond acceptors (Lipinski definition) is 22. The first-order chi connectivity index (χ1) is 66.5. The van der Waals surface area contributed by atoms with Gasteiger partial charge in [-0.15, -0.1) is 31.8 Å². The Morgan fingerprint density at radius 3 is 1.52 bits per heavy atom. The van der Waals surface area contributed by atoms with E-state index in [2.05, 4.69) is 103 Å². The molecule has 14 aromatic rings. The number of alkyl halides is 6. The van der Waals surface area contributed by atoms with Crippen LogP contribution in [0.25, 0.3) is 58.1 Å². The Balaban J connectivity index is 0.000000148. The molecule has 2 aromatic heterocycles. The summed E-state index contributed by atoms with van der Waals surface area (Å²) in [5.74, 6) is -0.569. The Bertz CT molecular complexity index is 7570. The number of rotatable bonds is 16. The number of hydrazone groups is 1. The zero-order chi connectivity index (χ0) is 99.1. The molecule has 0 bridgehead atoms. The van der Waals surface area contributed by atoms with E-state index in [-0.39, 0.29) is 74.0 Å². The van der Waals surface area contributed by atoms with Crippen LogP contribution in [-0.4, -0.2) is 77.1 Å². The van der Waals surface area contributed by atoms with Gasteiger partial charge in [0.25, 0.3) is 17.1 Å². The number of aryl methyl sites for hydroxylation is 2. The van der Waals surface area contributed by atoms with Crippen LogP contribution in [0.15, 0.2) is 332 Å². The number of fused-ring (bicyclic) bond motifs is 1. The summed E-state index contributed by atoms with van der Waals surface area (Å²) in [7, 11) is 0. The van der Waals surface area contributed by atoms with Crippen LogP contribution in [0.4, 0.5) is 42.5 Å². The lowest BCUT2D eigenvalue weighted by Gasteiger charge is -2.18. The number of carbonyl (C=O) groups is 6. The fourth-order valence-electron chi connectivity index (χ4n) is 14.1. The van der Waals surface area contributed by atoms with Crippen molar-refractivity contribution in [3.63, 3.8) is 0 Å². The number of carbonyl (C=O) groups excluding carboxylic acids is 6. The number of thiocarbonyl (C=S) groups is 1. The number of anilines is 2. The van der Waals surface area contributed by atoms with E-state index < -0.39 is 34.2 Å². The number of aromatic hydroxyl groups is 2. The second-order valence-electron chi connectivity index (χ2n) is 31.1. The number of imide groups is 1. The van der Waals surface area contributed by atoms with Crippen LogP contribution in [0.2, 0.25) is 0 Å². The highest BCUT2D eigenvalue weighted by Crippen LogP contribution is 2.41. The third-order valence-corrected chi connectivity index (χ3v) is 27.6. The Kier molecular flexibility index (Phi) is 33.9. The maximum atomic E-state index is 13.1. The van der Waals surface area contributed by atoms with E-state index in [4.69, 9.17) is 24.4 Å². The minimum Gasteiger partial charge on any atom is -0.493 e. The summed E-state index contributed by atoms with van der Waals surface area (Å²) in [6, 6.07) is 78.8. The standard InChI is InChI=1S/C27H22Br2N2O.C20H17NO2S2.C19H11F3N4O2S.C19H11F3N4OS2.C19H15NO3S.CH4/c1-18-25(28)15-20(16-26(18)29)17-30-31-27(32)24(22-8-3-2-4-9-22)14-19-11-12-21-7-5-6-10-23(21)13-19;1-12-5-4-6-17(13(12)2)21-19(23)18(25-20(21)24)11-15-7-9-16(10-8-15)14(3)22;2*20-19(21,22)13-2-1-3-14(9-13)26-17(27)15(29-18(26)28)8-11-4-6-12(7-5-11)16-23-10-24-25-16;1-12-4-3-5-16(10-12)20-18(22)17(24-19(20)23)11-14-6-8-15(9-7-14)13(2)21;/h2-13,15-17,24H,14H2,1H3,(H,31,32);4-11H,1-3H3;2*1-10,27H;3-11H,1-2H3;1H4/b30-17+;18-11-;;;17-11-;. The highest BCUT2D eigenvalue weighted by atomic mass is 79.9. The Hall–Kier alpha value is -14.3. The van der Waals surface area contributed by atoms with Crippen molar-refractivity contribution in [1.29, 1.82) is 0 Å². The molecule has 4 aliphatic heterocycles. The van der Waals surface area contributed by atoms with Crippen molar-refractivity contribution in [1.82, 2.24) is 14.6 Å². The molecule has 4 amide bonds. The number of azo groups is 2. The average molecular weight is 2120 g/mol. The molecule has 140 heavy (non-hydrogen) atoms. The van der Waals surface area contributed by atoms with E-state index in [1.807, 2.05) is 155 Å². The third kappa shape index (κ3) is 25.6. The quantitative estimate of drug-likeness (QED) is 0.0203. The molecule has 3 N–H and O–H groups in total. The van der Waals surface area contributed by atoms with Crippen molar-refractivity contribution < 1.29 is 65.3 Å². The van der Waals surface area contributed by atoms with Crippen LogP contribution in [-0.2, 0) is 33.2 Å². The van der Waals surface area contributed by atoms with E-state index >= 15 is 0 Å². The largest absolute Gasteiger partial charge is 0.493 e. The summed E-state index contributed by atoms with van der Waals surface area (Å²) < 4.78 is 82.6. The number of nitrogens with one attached hydrogen (secondary N) is 1. The predicted octanol–water partition coefficient (Wildman–Crippen LogP) is 24.5. The predicted molar refractivity (Wildman–Crippen MR) is 560 cm³/mol. The van der Waals surface area contributed by atoms with E-state index in [1.54, 1.807) is 102 Å².